The van der Waals surface area contributed by atoms with Gasteiger partial charge in [-0.3, -0.25) is 9.89 Å². The van der Waals surface area contributed by atoms with Crippen molar-refractivity contribution in [2.75, 3.05) is 0 Å². The summed E-state index contributed by atoms with van der Waals surface area (Å²) in [6.45, 7) is 8.49. The second-order valence-corrected chi connectivity index (χ2v) is 6.44. The number of carbonyl (C=O) groups is 1. The van der Waals surface area contributed by atoms with Gasteiger partial charge in [0.2, 0.25) is 5.89 Å². The fourth-order valence-electron chi connectivity index (χ4n) is 2.62. The predicted molar refractivity (Wildman–Crippen MR) is 93.6 cm³/mol. The van der Waals surface area contributed by atoms with Gasteiger partial charge in [0.15, 0.2) is 5.82 Å². The van der Waals surface area contributed by atoms with Gasteiger partial charge in [-0.15, -0.1) is 0 Å². The summed E-state index contributed by atoms with van der Waals surface area (Å²) < 4.78 is 7.19. The minimum Gasteiger partial charge on any atom is -0.339 e. The average molecular weight is 357 g/mol. The van der Waals surface area contributed by atoms with Crippen molar-refractivity contribution >= 4 is 5.91 Å². The number of hydrogen-bond donors (Lipinski definition) is 2. The van der Waals surface area contributed by atoms with E-state index in [2.05, 4.69) is 44.5 Å². The number of H-pyrrole nitrogens is 1. The van der Waals surface area contributed by atoms with E-state index < -0.39 is 6.04 Å². The smallest absolute Gasteiger partial charge is 0.272 e. The van der Waals surface area contributed by atoms with Gasteiger partial charge in [-0.1, -0.05) is 25.9 Å². The first-order valence-corrected chi connectivity index (χ1v) is 8.66. The molecule has 0 saturated carbocycles. The van der Waals surface area contributed by atoms with Crippen LogP contribution in [-0.4, -0.2) is 35.8 Å². The highest BCUT2D eigenvalue weighted by atomic mass is 16.5. The van der Waals surface area contributed by atoms with Gasteiger partial charge < -0.3 is 14.4 Å². The standard InChI is InChI=1S/C17H23N7O2/c1-5-14-20-17(26-23-14)11(4)19-16(25)13-8-12(21-22-13)9-24-7-6-18-15(24)10(2)3/h6-8,10-11H,5,9H2,1-4H3,(H,19,25)(H,21,22)/t11-/m0/s1. The van der Waals surface area contributed by atoms with E-state index in [-0.39, 0.29) is 5.91 Å². The highest BCUT2D eigenvalue weighted by molar-refractivity contribution is 5.92. The molecule has 0 radical (unpaired) electrons. The lowest BCUT2D eigenvalue weighted by molar-refractivity contribution is 0.0927. The molecule has 2 N–H and O–H groups in total. The number of aryl methyl sites for hydroxylation is 1. The molecule has 0 aromatic carbocycles. The van der Waals surface area contributed by atoms with E-state index >= 15 is 0 Å². The molecule has 9 nitrogen and oxygen atoms in total. The van der Waals surface area contributed by atoms with Crippen LogP contribution in [0.5, 0.6) is 0 Å². The van der Waals surface area contributed by atoms with Crippen molar-refractivity contribution in [2.24, 2.45) is 0 Å². The summed E-state index contributed by atoms with van der Waals surface area (Å²) in [5, 5.41) is 13.7. The van der Waals surface area contributed by atoms with Crippen LogP contribution in [0.25, 0.3) is 0 Å². The van der Waals surface area contributed by atoms with E-state index in [4.69, 9.17) is 4.52 Å². The Morgan fingerprint density at radius 2 is 2.19 bits per heavy atom. The van der Waals surface area contributed by atoms with Crippen molar-refractivity contribution < 1.29 is 9.32 Å². The normalized spacial score (nSPS) is 12.5. The lowest BCUT2D eigenvalue weighted by Crippen LogP contribution is -2.27. The molecule has 1 amide bonds. The molecule has 138 valence electrons. The third-order valence-electron chi connectivity index (χ3n) is 3.99. The van der Waals surface area contributed by atoms with Crippen molar-refractivity contribution in [3.63, 3.8) is 0 Å². The number of imidazole rings is 1. The lowest BCUT2D eigenvalue weighted by Gasteiger charge is -2.08. The van der Waals surface area contributed by atoms with Crippen molar-refractivity contribution in [3.8, 4) is 0 Å². The number of aromatic amines is 1. The summed E-state index contributed by atoms with van der Waals surface area (Å²) in [5.41, 5.74) is 1.14. The maximum Gasteiger partial charge on any atom is 0.272 e. The first-order chi connectivity index (χ1) is 12.5. The van der Waals surface area contributed by atoms with Crippen LogP contribution < -0.4 is 5.32 Å². The van der Waals surface area contributed by atoms with Crippen molar-refractivity contribution in [3.05, 3.63) is 47.4 Å². The SMILES string of the molecule is CCc1noc([C@H](C)NC(=O)c2cc(Cn3ccnc3C(C)C)[nH]n2)n1. The predicted octanol–water partition coefficient (Wildman–Crippen LogP) is 2.21. The molecule has 0 spiro atoms. The summed E-state index contributed by atoms with van der Waals surface area (Å²) in [7, 11) is 0. The lowest BCUT2D eigenvalue weighted by atomic mass is 10.2. The second-order valence-electron chi connectivity index (χ2n) is 6.44. The highest BCUT2D eigenvalue weighted by Crippen LogP contribution is 2.14. The number of amides is 1. The fraction of sp³-hybridized carbons (Fsp3) is 0.471. The monoisotopic (exact) mass is 357 g/mol. The Balaban J connectivity index is 1.65. The molecule has 3 heterocycles. The van der Waals surface area contributed by atoms with E-state index in [0.29, 0.717) is 36.3 Å². The van der Waals surface area contributed by atoms with Crippen LogP contribution >= 0.6 is 0 Å². The minimum absolute atomic E-state index is 0.300. The summed E-state index contributed by atoms with van der Waals surface area (Å²) in [6, 6.07) is 1.34. The van der Waals surface area contributed by atoms with Gasteiger partial charge >= 0.3 is 0 Å². The Hall–Kier alpha value is -2.97. The zero-order chi connectivity index (χ0) is 18.7. The Morgan fingerprint density at radius 1 is 1.38 bits per heavy atom. The van der Waals surface area contributed by atoms with Crippen LogP contribution in [0.2, 0.25) is 0 Å². The molecule has 0 bridgehead atoms. The van der Waals surface area contributed by atoms with E-state index in [0.717, 1.165) is 11.5 Å². The summed E-state index contributed by atoms with van der Waals surface area (Å²) in [6.07, 6.45) is 4.37. The van der Waals surface area contributed by atoms with E-state index in [1.54, 1.807) is 19.2 Å². The Bertz CT molecular complexity index is 877. The zero-order valence-corrected chi connectivity index (χ0v) is 15.4. The molecule has 0 fully saturated rings. The van der Waals surface area contributed by atoms with Gasteiger partial charge in [-0.05, 0) is 13.0 Å². The van der Waals surface area contributed by atoms with Gasteiger partial charge in [0.1, 0.15) is 17.6 Å². The van der Waals surface area contributed by atoms with Crippen LogP contribution in [0.15, 0.2) is 23.0 Å². The summed E-state index contributed by atoms with van der Waals surface area (Å²) in [4.78, 5) is 21.0. The Morgan fingerprint density at radius 3 is 2.88 bits per heavy atom. The quantitative estimate of drug-likeness (QED) is 0.670. The van der Waals surface area contributed by atoms with Crippen molar-refractivity contribution in [2.45, 2.75) is 52.6 Å². The number of aromatic nitrogens is 6. The maximum atomic E-state index is 12.4. The van der Waals surface area contributed by atoms with Crippen LogP contribution in [0.4, 0.5) is 0 Å². The molecule has 0 unspecified atom stereocenters. The highest BCUT2D eigenvalue weighted by Gasteiger charge is 2.19. The molecule has 0 aliphatic heterocycles. The van der Waals surface area contributed by atoms with Crippen LogP contribution in [0.3, 0.4) is 0 Å². The second kappa shape index (κ2) is 7.51. The van der Waals surface area contributed by atoms with E-state index in [1.165, 1.54) is 0 Å². The largest absolute Gasteiger partial charge is 0.339 e. The van der Waals surface area contributed by atoms with Gasteiger partial charge in [0.05, 0.1) is 12.2 Å². The Labute approximate surface area is 151 Å². The zero-order valence-electron chi connectivity index (χ0n) is 15.4. The molecule has 9 heteroatoms. The third kappa shape index (κ3) is 3.81. The van der Waals surface area contributed by atoms with E-state index in [9.17, 15) is 4.79 Å². The van der Waals surface area contributed by atoms with Crippen LogP contribution in [-0.2, 0) is 13.0 Å². The van der Waals surface area contributed by atoms with Gasteiger partial charge in [-0.2, -0.15) is 10.1 Å². The van der Waals surface area contributed by atoms with Crippen LogP contribution in [0, 0.1) is 0 Å². The molecule has 1 atom stereocenters. The summed E-state index contributed by atoms with van der Waals surface area (Å²) >= 11 is 0. The number of nitrogens with one attached hydrogen (secondary N) is 2. The van der Waals surface area contributed by atoms with Crippen LogP contribution in [0.1, 0.15) is 73.4 Å². The molecule has 0 aliphatic carbocycles. The molecule has 3 aromatic rings. The summed E-state index contributed by atoms with van der Waals surface area (Å²) in [5.74, 6) is 2.00. The van der Waals surface area contributed by atoms with Crippen molar-refractivity contribution in [1.82, 2.24) is 35.2 Å². The third-order valence-corrected chi connectivity index (χ3v) is 3.99. The molecule has 26 heavy (non-hydrogen) atoms. The van der Waals surface area contributed by atoms with Gasteiger partial charge in [0.25, 0.3) is 5.91 Å². The maximum absolute atomic E-state index is 12.4. The minimum atomic E-state index is -0.392. The molecule has 0 aliphatic rings. The van der Waals surface area contributed by atoms with Crippen molar-refractivity contribution in [1.29, 1.82) is 0 Å². The number of carbonyl (C=O) groups excluding carboxylic acids is 1. The average Bonchev–Trinajstić information content (AvgIpc) is 3.35. The topological polar surface area (TPSA) is 115 Å². The first kappa shape index (κ1) is 17.8. The number of nitrogens with zero attached hydrogens (tertiary/aromatic N) is 5. The van der Waals surface area contributed by atoms with Gasteiger partial charge in [-0.25, -0.2) is 4.98 Å². The molecular weight excluding hydrogens is 334 g/mol. The van der Waals surface area contributed by atoms with E-state index in [1.807, 2.05) is 17.7 Å². The fourth-order valence-corrected chi connectivity index (χ4v) is 2.62. The molecule has 3 rings (SSSR count). The molecular formula is C17H23N7O2. The molecule has 3 aromatic heterocycles. The molecule has 0 saturated heterocycles. The first-order valence-electron chi connectivity index (χ1n) is 8.66. The number of rotatable bonds is 7. The Kier molecular flexibility index (Phi) is 5.15. The van der Waals surface area contributed by atoms with Gasteiger partial charge in [0, 0.05) is 24.7 Å². The number of hydrogen-bond acceptors (Lipinski definition) is 6.